The van der Waals surface area contributed by atoms with Crippen LogP contribution in [0, 0.1) is 12.1 Å². The molecule has 0 N–H and O–H groups in total. The predicted molar refractivity (Wildman–Crippen MR) is 136 cm³/mol. The monoisotopic (exact) mass is 647 g/mol. The first-order chi connectivity index (χ1) is 17.3. The number of hydrogen-bond donors (Lipinski definition) is 0. The SMILES string of the molecule is [Pt+2].[c-]1c(Oc2[c-]c(-n3c4ccccc4c4cccnc43)ccc2)cccc1B1Oc2ccccc2O1. The molecule has 0 saturated heterocycles. The van der Waals surface area contributed by atoms with Crippen LogP contribution in [-0.2, 0) is 21.1 Å². The van der Waals surface area contributed by atoms with Gasteiger partial charge in [-0.1, -0.05) is 41.5 Å². The molecular weight excluding hydrogens is 630 g/mol. The van der Waals surface area contributed by atoms with Crippen molar-refractivity contribution in [3.8, 4) is 28.7 Å². The van der Waals surface area contributed by atoms with Gasteiger partial charge in [-0.05, 0) is 30.3 Å². The Morgan fingerprint density at radius 1 is 0.694 bits per heavy atom. The molecule has 5 nitrogen and oxygen atoms in total. The summed E-state index contributed by atoms with van der Waals surface area (Å²) < 4.78 is 20.1. The van der Waals surface area contributed by atoms with Gasteiger partial charge in [-0.2, -0.15) is 18.2 Å². The molecule has 0 radical (unpaired) electrons. The predicted octanol–water partition coefficient (Wildman–Crippen LogP) is 5.74. The van der Waals surface area contributed by atoms with Crippen molar-refractivity contribution in [3.05, 3.63) is 115 Å². The van der Waals surface area contributed by atoms with E-state index in [1.165, 1.54) is 0 Å². The molecule has 7 rings (SSSR count). The van der Waals surface area contributed by atoms with Gasteiger partial charge in [0.1, 0.15) is 17.1 Å². The first-order valence-corrected chi connectivity index (χ1v) is 11.3. The minimum absolute atomic E-state index is 0. The smallest absolute Gasteiger partial charge is 0.521 e. The third-order valence-corrected chi connectivity index (χ3v) is 6.01. The molecule has 0 atom stereocenters. The van der Waals surface area contributed by atoms with Crippen molar-refractivity contribution < 1.29 is 35.1 Å². The van der Waals surface area contributed by atoms with Crippen LogP contribution < -0.4 is 19.5 Å². The van der Waals surface area contributed by atoms with E-state index in [1.54, 1.807) is 0 Å². The first-order valence-electron chi connectivity index (χ1n) is 11.3. The summed E-state index contributed by atoms with van der Waals surface area (Å²) in [4.78, 5) is 4.65. The molecule has 0 fully saturated rings. The van der Waals surface area contributed by atoms with Crippen molar-refractivity contribution in [1.29, 1.82) is 0 Å². The third kappa shape index (κ3) is 3.84. The molecule has 4 aromatic carbocycles. The standard InChI is InChI=1S/C29H17BN2O3.Pt/c1-2-14-26-24(12-1)25-13-7-17-31-29(25)32(26)21-9-6-11-23(19-21)33-22-10-5-8-20(18-22)30-34-27-15-3-4-16-28(27)35-30;/h1-17H;/q-2;+2. The van der Waals surface area contributed by atoms with Crippen LogP contribution in [0.1, 0.15) is 0 Å². The van der Waals surface area contributed by atoms with E-state index in [2.05, 4.69) is 39.9 Å². The Morgan fingerprint density at radius 2 is 1.39 bits per heavy atom. The maximum Gasteiger partial charge on any atom is 2.00 e. The van der Waals surface area contributed by atoms with Crippen LogP contribution in [0.15, 0.2) is 103 Å². The molecule has 1 aliphatic rings. The van der Waals surface area contributed by atoms with Gasteiger partial charge in [0.15, 0.2) is 0 Å². The number of aromatic nitrogens is 2. The topological polar surface area (TPSA) is 45.5 Å². The van der Waals surface area contributed by atoms with Crippen LogP contribution in [0.2, 0.25) is 0 Å². The fourth-order valence-electron chi connectivity index (χ4n) is 4.47. The van der Waals surface area contributed by atoms with E-state index in [-0.39, 0.29) is 21.1 Å². The summed E-state index contributed by atoms with van der Waals surface area (Å²) in [6.07, 6.45) is 1.81. The van der Waals surface area contributed by atoms with E-state index in [9.17, 15) is 0 Å². The van der Waals surface area contributed by atoms with E-state index >= 15 is 0 Å². The first kappa shape index (κ1) is 22.4. The molecule has 3 heterocycles. The largest absolute Gasteiger partial charge is 2.00 e. The number of ether oxygens (including phenoxy) is 1. The van der Waals surface area contributed by atoms with E-state index in [4.69, 9.17) is 14.0 Å². The number of para-hydroxylation sites is 3. The van der Waals surface area contributed by atoms with Crippen LogP contribution in [0.25, 0.3) is 27.6 Å². The van der Waals surface area contributed by atoms with Gasteiger partial charge >= 0.3 is 28.2 Å². The molecule has 36 heavy (non-hydrogen) atoms. The van der Waals surface area contributed by atoms with Crippen molar-refractivity contribution in [3.63, 3.8) is 0 Å². The summed E-state index contributed by atoms with van der Waals surface area (Å²) in [6.45, 7) is 0. The normalized spacial score (nSPS) is 12.1. The van der Waals surface area contributed by atoms with E-state index in [1.807, 2.05) is 85.1 Å². The molecule has 0 bridgehead atoms. The van der Waals surface area contributed by atoms with Gasteiger partial charge in [0, 0.05) is 28.5 Å². The van der Waals surface area contributed by atoms with Crippen LogP contribution in [0.4, 0.5) is 0 Å². The molecule has 1 aliphatic heterocycles. The second-order valence-electron chi connectivity index (χ2n) is 8.21. The fourth-order valence-corrected chi connectivity index (χ4v) is 4.47. The van der Waals surface area contributed by atoms with Crippen LogP contribution in [-0.4, -0.2) is 16.7 Å². The molecule has 174 valence electrons. The molecule has 0 spiro atoms. The van der Waals surface area contributed by atoms with Gasteiger partial charge in [0.2, 0.25) is 0 Å². The Kier molecular flexibility index (Phi) is 5.74. The van der Waals surface area contributed by atoms with Gasteiger partial charge in [0.05, 0.1) is 5.52 Å². The Hall–Kier alpha value is -4.02. The molecule has 6 aromatic rings. The molecule has 0 saturated carbocycles. The number of rotatable bonds is 4. The molecule has 2 aromatic heterocycles. The molecule has 0 aliphatic carbocycles. The van der Waals surface area contributed by atoms with Crippen molar-refractivity contribution in [1.82, 2.24) is 9.55 Å². The van der Waals surface area contributed by atoms with E-state index < -0.39 is 7.12 Å². The Morgan fingerprint density at radius 3 is 2.22 bits per heavy atom. The Balaban J connectivity index is 0.00000240. The van der Waals surface area contributed by atoms with Gasteiger partial charge in [-0.15, -0.1) is 30.3 Å². The van der Waals surface area contributed by atoms with Crippen molar-refractivity contribution in [2.75, 3.05) is 0 Å². The Labute approximate surface area is 222 Å². The number of hydrogen-bond acceptors (Lipinski definition) is 4. The average Bonchev–Trinajstić information content (AvgIpc) is 3.49. The minimum Gasteiger partial charge on any atom is -0.521 e. The minimum atomic E-state index is -0.560. The second-order valence-corrected chi connectivity index (χ2v) is 8.21. The maximum atomic E-state index is 6.16. The summed E-state index contributed by atoms with van der Waals surface area (Å²) >= 11 is 0. The fraction of sp³-hybridized carbons (Fsp3) is 0. The summed E-state index contributed by atoms with van der Waals surface area (Å²) in [5, 5.41) is 2.25. The van der Waals surface area contributed by atoms with Crippen molar-refractivity contribution in [2.45, 2.75) is 0 Å². The van der Waals surface area contributed by atoms with E-state index in [0.29, 0.717) is 11.5 Å². The van der Waals surface area contributed by atoms with Crippen molar-refractivity contribution >= 4 is 34.5 Å². The van der Waals surface area contributed by atoms with Crippen molar-refractivity contribution in [2.24, 2.45) is 0 Å². The molecule has 7 heteroatoms. The van der Waals surface area contributed by atoms with Crippen LogP contribution in [0.3, 0.4) is 0 Å². The zero-order chi connectivity index (χ0) is 23.2. The van der Waals surface area contributed by atoms with Gasteiger partial charge in [-0.3, -0.25) is 0 Å². The van der Waals surface area contributed by atoms with E-state index in [0.717, 1.165) is 44.6 Å². The van der Waals surface area contributed by atoms with Crippen LogP contribution in [0.5, 0.6) is 23.0 Å². The summed E-state index contributed by atoms with van der Waals surface area (Å²) in [7, 11) is -0.560. The number of pyridine rings is 1. The van der Waals surface area contributed by atoms with Gasteiger partial charge < -0.3 is 18.6 Å². The number of benzene rings is 4. The Bertz CT molecular complexity index is 1640. The third-order valence-electron chi connectivity index (χ3n) is 6.01. The number of fused-ring (bicyclic) bond motifs is 4. The molecule has 0 unspecified atom stereocenters. The second kappa shape index (κ2) is 9.21. The summed E-state index contributed by atoms with van der Waals surface area (Å²) in [5.41, 5.74) is 3.55. The van der Waals surface area contributed by atoms with Crippen LogP contribution >= 0.6 is 0 Å². The summed E-state index contributed by atoms with van der Waals surface area (Å²) in [6, 6.07) is 38.1. The number of nitrogens with zero attached hydrogens (tertiary/aromatic N) is 2. The van der Waals surface area contributed by atoms with Gasteiger partial charge in [0.25, 0.3) is 0 Å². The zero-order valence-electron chi connectivity index (χ0n) is 18.8. The average molecular weight is 647 g/mol. The summed E-state index contributed by atoms with van der Waals surface area (Å²) in [5.74, 6) is 2.57. The molecular formula is C29H17BN2O3Pt. The quantitative estimate of drug-likeness (QED) is 0.181. The van der Waals surface area contributed by atoms with Gasteiger partial charge in [-0.25, -0.2) is 4.98 Å². The zero-order valence-corrected chi connectivity index (χ0v) is 21.1. The molecule has 0 amide bonds. The maximum absolute atomic E-state index is 6.16.